The van der Waals surface area contributed by atoms with Gasteiger partial charge in [-0.05, 0) is 0 Å². The number of carbonyl (C=O) groups excluding carboxylic acids is 1. The Balaban J connectivity index is 2.47. The molecule has 0 aromatic heterocycles. The molecule has 0 saturated carbocycles. The molecule has 19 heavy (non-hydrogen) atoms. The van der Waals surface area contributed by atoms with Gasteiger partial charge in [-0.3, -0.25) is 0 Å². The van der Waals surface area contributed by atoms with Crippen LogP contribution in [0.3, 0.4) is 0 Å². The fraction of sp³-hybridized carbons (Fsp3) is 0.188. The maximum atomic E-state index is 11.8. The summed E-state index contributed by atoms with van der Waals surface area (Å²) in [5, 5.41) is 2.51. The summed E-state index contributed by atoms with van der Waals surface area (Å²) in [4.78, 5) is 11.8. The molecule has 0 unspecified atom stereocenters. The first kappa shape index (κ1) is 13.8. The van der Waals surface area contributed by atoms with Crippen LogP contribution >= 0.6 is 7.26 Å². The van der Waals surface area contributed by atoms with Crippen LogP contribution in [0.5, 0.6) is 0 Å². The third-order valence-corrected chi connectivity index (χ3v) is 7.76. The molecule has 2 rings (SSSR count). The van der Waals surface area contributed by atoms with Crippen LogP contribution in [0.2, 0.25) is 0 Å². The summed E-state index contributed by atoms with van der Waals surface area (Å²) in [5.41, 5.74) is 0. The number of esters is 1. The molecular formula is C16H19O2P. The number of ether oxygens (including phenoxy) is 1. The number of benzene rings is 2. The average Bonchev–Trinajstić information content (AvgIpc) is 2.48. The molecule has 0 aliphatic rings. The van der Waals surface area contributed by atoms with Gasteiger partial charge in [0.2, 0.25) is 0 Å². The Kier molecular flexibility index (Phi) is 4.34. The van der Waals surface area contributed by atoms with E-state index < -0.39 is 7.26 Å². The molecule has 0 N–H and O–H groups in total. The van der Waals surface area contributed by atoms with Crippen molar-refractivity contribution in [3.8, 4) is 0 Å². The molecule has 100 valence electrons. The number of rotatable bonds is 4. The van der Waals surface area contributed by atoms with Crippen LogP contribution in [0.15, 0.2) is 60.7 Å². The zero-order valence-corrected chi connectivity index (χ0v) is 12.3. The van der Waals surface area contributed by atoms with Crippen LogP contribution in [0.4, 0.5) is 0 Å². The molecule has 2 aromatic rings. The van der Waals surface area contributed by atoms with E-state index >= 15 is 0 Å². The van der Waals surface area contributed by atoms with E-state index in [0.717, 1.165) is 0 Å². The standard InChI is InChI=1S/C16H19O2P/c1-18-16(17)13-19(2,14-9-5-3-6-10-14)15-11-7-4-8-12-15/h3-12,19H,13H2,1-2H3. The van der Waals surface area contributed by atoms with Crippen molar-refractivity contribution in [1.82, 2.24) is 0 Å². The van der Waals surface area contributed by atoms with Crippen LogP contribution in [0, 0.1) is 0 Å². The van der Waals surface area contributed by atoms with E-state index in [1.165, 1.54) is 17.7 Å². The minimum absolute atomic E-state index is 0.137. The summed E-state index contributed by atoms with van der Waals surface area (Å²) in [6.45, 7) is 2.22. The molecule has 0 spiro atoms. The third-order valence-electron chi connectivity index (χ3n) is 3.55. The van der Waals surface area contributed by atoms with Gasteiger partial charge in [-0.1, -0.05) is 0 Å². The van der Waals surface area contributed by atoms with Gasteiger partial charge in [0.05, 0.1) is 0 Å². The summed E-state index contributed by atoms with van der Waals surface area (Å²) in [6.07, 6.45) is 0.470. The van der Waals surface area contributed by atoms with E-state index in [9.17, 15) is 4.79 Å². The normalized spacial score (nSPS) is 11.9. The van der Waals surface area contributed by atoms with E-state index in [1.807, 2.05) is 36.4 Å². The van der Waals surface area contributed by atoms with Crippen molar-refractivity contribution in [2.45, 2.75) is 0 Å². The molecular weight excluding hydrogens is 255 g/mol. The van der Waals surface area contributed by atoms with Gasteiger partial charge in [-0.25, -0.2) is 0 Å². The molecule has 0 radical (unpaired) electrons. The van der Waals surface area contributed by atoms with Crippen LogP contribution in [0.1, 0.15) is 0 Å². The molecule has 0 heterocycles. The molecule has 2 nitrogen and oxygen atoms in total. The molecule has 0 fully saturated rings. The molecule has 0 saturated heterocycles. The fourth-order valence-electron chi connectivity index (χ4n) is 2.34. The van der Waals surface area contributed by atoms with Gasteiger partial charge in [0.15, 0.2) is 0 Å². The van der Waals surface area contributed by atoms with Crippen molar-refractivity contribution in [2.24, 2.45) is 0 Å². The fourth-order valence-corrected chi connectivity index (χ4v) is 5.66. The summed E-state index contributed by atoms with van der Waals surface area (Å²) >= 11 is 0. The van der Waals surface area contributed by atoms with E-state index in [-0.39, 0.29) is 5.97 Å². The predicted octanol–water partition coefficient (Wildman–Crippen LogP) is 2.19. The van der Waals surface area contributed by atoms with Gasteiger partial charge in [0.1, 0.15) is 0 Å². The van der Waals surface area contributed by atoms with Crippen molar-refractivity contribution >= 4 is 23.8 Å². The summed E-state index contributed by atoms with van der Waals surface area (Å²) in [5.74, 6) is -0.137. The summed E-state index contributed by atoms with van der Waals surface area (Å²) in [6, 6.07) is 20.6. The van der Waals surface area contributed by atoms with Gasteiger partial charge < -0.3 is 0 Å². The molecule has 0 bridgehead atoms. The Labute approximate surface area is 114 Å². The maximum absolute atomic E-state index is 11.8. The Morgan fingerprint density at radius 1 is 0.947 bits per heavy atom. The summed E-state index contributed by atoms with van der Waals surface area (Å²) in [7, 11) is -0.609. The van der Waals surface area contributed by atoms with E-state index in [1.54, 1.807) is 0 Å². The van der Waals surface area contributed by atoms with Crippen molar-refractivity contribution in [2.75, 3.05) is 19.9 Å². The first-order chi connectivity index (χ1) is 9.16. The Bertz CT molecular complexity index is 498. The number of carbonyl (C=O) groups is 1. The van der Waals surface area contributed by atoms with Gasteiger partial charge in [0.25, 0.3) is 0 Å². The molecule has 2 aromatic carbocycles. The van der Waals surface area contributed by atoms with E-state index in [4.69, 9.17) is 4.74 Å². The van der Waals surface area contributed by atoms with Crippen molar-refractivity contribution in [3.63, 3.8) is 0 Å². The quantitative estimate of drug-likeness (QED) is 0.631. The van der Waals surface area contributed by atoms with E-state index in [2.05, 4.69) is 30.9 Å². The topological polar surface area (TPSA) is 26.3 Å². The minimum atomic E-state index is -2.06. The van der Waals surface area contributed by atoms with E-state index in [0.29, 0.717) is 6.16 Å². The molecule has 0 aliphatic carbocycles. The van der Waals surface area contributed by atoms with Crippen molar-refractivity contribution in [3.05, 3.63) is 60.7 Å². The van der Waals surface area contributed by atoms with Crippen molar-refractivity contribution < 1.29 is 9.53 Å². The monoisotopic (exact) mass is 274 g/mol. The van der Waals surface area contributed by atoms with Crippen LogP contribution in [-0.4, -0.2) is 25.9 Å². The number of hydrogen-bond donors (Lipinski definition) is 0. The Hall–Kier alpha value is -1.66. The number of hydrogen-bond acceptors (Lipinski definition) is 2. The van der Waals surface area contributed by atoms with Crippen LogP contribution in [0.25, 0.3) is 0 Å². The Morgan fingerprint density at radius 3 is 1.74 bits per heavy atom. The van der Waals surface area contributed by atoms with Gasteiger partial charge >= 0.3 is 114 Å². The predicted molar refractivity (Wildman–Crippen MR) is 83.3 cm³/mol. The number of methoxy groups -OCH3 is 1. The third kappa shape index (κ3) is 3.02. The second-order valence-electron chi connectivity index (χ2n) is 4.82. The molecule has 0 atom stereocenters. The summed E-state index contributed by atoms with van der Waals surface area (Å²) < 4.78 is 4.88. The zero-order valence-electron chi connectivity index (χ0n) is 11.3. The SMILES string of the molecule is COC(=O)C[PH](C)(c1ccccc1)c1ccccc1. The first-order valence-electron chi connectivity index (χ1n) is 6.34. The van der Waals surface area contributed by atoms with Gasteiger partial charge in [0, 0.05) is 0 Å². The second kappa shape index (κ2) is 5.99. The molecule has 0 amide bonds. The van der Waals surface area contributed by atoms with Crippen LogP contribution in [-0.2, 0) is 9.53 Å². The Morgan fingerprint density at radius 2 is 1.37 bits per heavy atom. The van der Waals surface area contributed by atoms with Gasteiger partial charge in [-0.15, -0.1) is 0 Å². The second-order valence-corrected chi connectivity index (χ2v) is 8.99. The molecule has 3 heteroatoms. The van der Waals surface area contributed by atoms with Crippen molar-refractivity contribution in [1.29, 1.82) is 0 Å². The zero-order chi connectivity index (χ0) is 13.7. The van der Waals surface area contributed by atoms with Crippen LogP contribution < -0.4 is 10.6 Å². The average molecular weight is 274 g/mol. The van der Waals surface area contributed by atoms with Gasteiger partial charge in [-0.2, -0.15) is 0 Å². The molecule has 0 aliphatic heterocycles. The first-order valence-corrected chi connectivity index (χ1v) is 9.05.